The molecule has 4 aromatic rings. The SMILES string of the molecule is CCCN(CC1CC1)C(=O)CSc1nnc2n(Cc3ccccc3OC)c(=O)c3ccccc3n12. The van der Waals surface area contributed by atoms with Crippen LogP contribution in [0.3, 0.4) is 0 Å². The smallest absolute Gasteiger partial charge is 0.263 e. The molecule has 0 bridgehead atoms. The minimum absolute atomic E-state index is 0.118. The van der Waals surface area contributed by atoms with E-state index in [1.807, 2.05) is 57.8 Å². The molecule has 2 aromatic carbocycles. The normalized spacial score (nSPS) is 13.4. The first-order valence-corrected chi connectivity index (χ1v) is 13.0. The van der Waals surface area contributed by atoms with Crippen molar-refractivity contribution in [3.63, 3.8) is 0 Å². The summed E-state index contributed by atoms with van der Waals surface area (Å²) in [4.78, 5) is 28.4. The van der Waals surface area contributed by atoms with Gasteiger partial charge in [0.25, 0.3) is 5.56 Å². The van der Waals surface area contributed by atoms with Gasteiger partial charge < -0.3 is 9.64 Å². The van der Waals surface area contributed by atoms with Crippen molar-refractivity contribution < 1.29 is 9.53 Å². The quantitative estimate of drug-likeness (QED) is 0.314. The van der Waals surface area contributed by atoms with Crippen molar-refractivity contribution in [2.75, 3.05) is 26.0 Å². The second kappa shape index (κ2) is 10.1. The zero-order valence-electron chi connectivity index (χ0n) is 20.0. The number of thioether (sulfide) groups is 1. The molecule has 0 aliphatic heterocycles. The molecule has 9 heteroatoms. The molecular weight excluding hydrogens is 462 g/mol. The third-order valence-electron chi connectivity index (χ3n) is 6.35. The number of methoxy groups -OCH3 is 1. The number of benzene rings is 2. The molecule has 1 aliphatic carbocycles. The molecule has 1 fully saturated rings. The van der Waals surface area contributed by atoms with E-state index < -0.39 is 0 Å². The molecule has 0 N–H and O–H groups in total. The summed E-state index contributed by atoms with van der Waals surface area (Å²) in [7, 11) is 1.62. The zero-order chi connectivity index (χ0) is 24.4. The molecule has 35 heavy (non-hydrogen) atoms. The number of amides is 1. The van der Waals surface area contributed by atoms with Crippen molar-refractivity contribution in [2.24, 2.45) is 5.92 Å². The van der Waals surface area contributed by atoms with Crippen LogP contribution in [-0.4, -0.2) is 55.9 Å². The lowest BCUT2D eigenvalue weighted by Gasteiger charge is -2.21. The topological polar surface area (TPSA) is 81.7 Å². The van der Waals surface area contributed by atoms with Gasteiger partial charge in [-0.2, -0.15) is 0 Å². The van der Waals surface area contributed by atoms with Crippen LogP contribution in [0.4, 0.5) is 0 Å². The third kappa shape index (κ3) is 4.77. The van der Waals surface area contributed by atoms with Crippen LogP contribution in [0.2, 0.25) is 0 Å². The predicted octanol–water partition coefficient (Wildman–Crippen LogP) is 3.84. The number of carbonyl (C=O) groups excluding carboxylic acids is 1. The lowest BCUT2D eigenvalue weighted by atomic mass is 10.2. The van der Waals surface area contributed by atoms with Crippen LogP contribution in [0, 0.1) is 5.92 Å². The molecule has 1 amide bonds. The van der Waals surface area contributed by atoms with Crippen LogP contribution in [0.5, 0.6) is 5.75 Å². The van der Waals surface area contributed by atoms with E-state index in [0.717, 1.165) is 30.6 Å². The average Bonchev–Trinajstić information content (AvgIpc) is 3.61. The van der Waals surface area contributed by atoms with Crippen molar-refractivity contribution in [3.8, 4) is 5.75 Å². The molecule has 1 saturated carbocycles. The Kier molecular flexibility index (Phi) is 6.77. The van der Waals surface area contributed by atoms with Gasteiger partial charge in [0.2, 0.25) is 11.7 Å². The highest BCUT2D eigenvalue weighted by Gasteiger charge is 2.27. The van der Waals surface area contributed by atoms with Gasteiger partial charge in [-0.25, -0.2) is 0 Å². The molecule has 1 aliphatic rings. The second-order valence-corrected chi connectivity index (χ2v) is 9.85. The van der Waals surface area contributed by atoms with Crippen molar-refractivity contribution >= 4 is 34.3 Å². The van der Waals surface area contributed by atoms with Gasteiger partial charge >= 0.3 is 0 Å². The van der Waals surface area contributed by atoms with E-state index in [2.05, 4.69) is 17.1 Å². The number of para-hydroxylation sites is 2. The molecular formula is C26H29N5O3S. The number of carbonyl (C=O) groups is 1. The number of hydrogen-bond donors (Lipinski definition) is 0. The van der Waals surface area contributed by atoms with Gasteiger partial charge in [-0.3, -0.25) is 18.6 Å². The van der Waals surface area contributed by atoms with Crippen molar-refractivity contribution in [1.82, 2.24) is 24.1 Å². The first kappa shape index (κ1) is 23.4. The average molecular weight is 492 g/mol. The molecule has 0 spiro atoms. The van der Waals surface area contributed by atoms with Crippen LogP contribution in [0.1, 0.15) is 31.7 Å². The summed E-state index contributed by atoms with van der Waals surface area (Å²) in [6.07, 6.45) is 3.37. The number of hydrogen-bond acceptors (Lipinski definition) is 6. The van der Waals surface area contributed by atoms with Crippen LogP contribution >= 0.6 is 11.8 Å². The summed E-state index contributed by atoms with van der Waals surface area (Å²) >= 11 is 1.37. The largest absolute Gasteiger partial charge is 0.496 e. The first-order chi connectivity index (χ1) is 17.1. The number of fused-ring (bicyclic) bond motifs is 3. The Balaban J connectivity index is 1.51. The summed E-state index contributed by atoms with van der Waals surface area (Å²) in [5.74, 6) is 2.20. The molecule has 0 saturated heterocycles. The van der Waals surface area contributed by atoms with Crippen molar-refractivity contribution in [1.29, 1.82) is 0 Å². The maximum atomic E-state index is 13.5. The fourth-order valence-electron chi connectivity index (χ4n) is 4.39. The summed E-state index contributed by atoms with van der Waals surface area (Å²) in [6.45, 7) is 4.01. The third-order valence-corrected chi connectivity index (χ3v) is 7.26. The lowest BCUT2D eigenvalue weighted by Crippen LogP contribution is -2.35. The van der Waals surface area contributed by atoms with E-state index in [9.17, 15) is 9.59 Å². The molecule has 5 rings (SSSR count). The molecule has 2 aromatic heterocycles. The fourth-order valence-corrected chi connectivity index (χ4v) is 5.23. The monoisotopic (exact) mass is 491 g/mol. The van der Waals surface area contributed by atoms with Gasteiger partial charge in [0.15, 0.2) is 5.16 Å². The van der Waals surface area contributed by atoms with Gasteiger partial charge in [0, 0.05) is 18.7 Å². The number of aromatic nitrogens is 4. The van der Waals surface area contributed by atoms with Crippen molar-refractivity contribution in [2.45, 2.75) is 37.9 Å². The standard InChI is InChI=1S/C26H29N5O3S/c1-3-14-29(15-18-12-13-18)23(32)17-35-26-28-27-25-30(16-19-8-4-7-11-22(19)34-2)24(33)20-9-5-6-10-21(20)31(25)26/h4-11,18H,3,12-17H2,1-2H3. The number of rotatable bonds is 10. The van der Waals surface area contributed by atoms with E-state index in [1.54, 1.807) is 11.7 Å². The van der Waals surface area contributed by atoms with E-state index in [0.29, 0.717) is 34.5 Å². The van der Waals surface area contributed by atoms with E-state index in [4.69, 9.17) is 4.74 Å². The first-order valence-electron chi connectivity index (χ1n) is 12.0. The highest BCUT2D eigenvalue weighted by molar-refractivity contribution is 7.99. The Morgan fingerprint density at radius 1 is 1.14 bits per heavy atom. The molecule has 182 valence electrons. The van der Waals surface area contributed by atoms with Gasteiger partial charge in [-0.05, 0) is 43.4 Å². The van der Waals surface area contributed by atoms with Crippen LogP contribution in [0.15, 0.2) is 58.5 Å². The van der Waals surface area contributed by atoms with Gasteiger partial charge in [0.05, 0.1) is 30.3 Å². The van der Waals surface area contributed by atoms with E-state index in [-0.39, 0.29) is 17.2 Å². The number of nitrogens with zero attached hydrogens (tertiary/aromatic N) is 5. The second-order valence-electron chi connectivity index (χ2n) is 8.91. The van der Waals surface area contributed by atoms with Gasteiger partial charge in [-0.1, -0.05) is 49.0 Å². The van der Waals surface area contributed by atoms with Crippen LogP contribution < -0.4 is 10.3 Å². The summed E-state index contributed by atoms with van der Waals surface area (Å²) in [5.41, 5.74) is 1.46. The minimum Gasteiger partial charge on any atom is -0.496 e. The Bertz CT molecular complexity index is 1430. The van der Waals surface area contributed by atoms with E-state index in [1.165, 1.54) is 24.6 Å². The van der Waals surface area contributed by atoms with Gasteiger partial charge in [-0.15, -0.1) is 10.2 Å². The van der Waals surface area contributed by atoms with E-state index >= 15 is 0 Å². The summed E-state index contributed by atoms with van der Waals surface area (Å²) < 4.78 is 9.00. The lowest BCUT2D eigenvalue weighted by molar-refractivity contribution is -0.128. The molecule has 2 heterocycles. The maximum Gasteiger partial charge on any atom is 0.263 e. The zero-order valence-corrected chi connectivity index (χ0v) is 20.8. The maximum absolute atomic E-state index is 13.5. The highest BCUT2D eigenvalue weighted by atomic mass is 32.2. The Labute approximate surface area is 207 Å². The van der Waals surface area contributed by atoms with Crippen LogP contribution in [-0.2, 0) is 11.3 Å². The van der Waals surface area contributed by atoms with Crippen molar-refractivity contribution in [3.05, 3.63) is 64.4 Å². The molecule has 0 radical (unpaired) electrons. The molecule has 0 unspecified atom stereocenters. The Morgan fingerprint density at radius 2 is 1.91 bits per heavy atom. The van der Waals surface area contributed by atoms with Crippen LogP contribution in [0.25, 0.3) is 16.7 Å². The molecule has 8 nitrogen and oxygen atoms in total. The molecule has 0 atom stereocenters. The fraction of sp³-hybridized carbons (Fsp3) is 0.385. The van der Waals surface area contributed by atoms with Gasteiger partial charge in [0.1, 0.15) is 5.75 Å². The Morgan fingerprint density at radius 3 is 2.69 bits per heavy atom. The predicted molar refractivity (Wildman–Crippen MR) is 137 cm³/mol. The minimum atomic E-state index is -0.141. The summed E-state index contributed by atoms with van der Waals surface area (Å²) in [6, 6.07) is 15.1. The summed E-state index contributed by atoms with van der Waals surface area (Å²) in [5, 5.41) is 9.96. The Hall–Kier alpha value is -3.33. The highest BCUT2D eigenvalue weighted by Crippen LogP contribution is 2.30. The number of ether oxygens (including phenoxy) is 1.